The molecular formula is C35H51ClN2O5S. The lowest BCUT2D eigenvalue weighted by molar-refractivity contribution is -0.0741. The number of halogens is 1. The van der Waals surface area contributed by atoms with E-state index in [-0.39, 0.29) is 29.5 Å². The molecule has 2 aliphatic heterocycles. The Morgan fingerprint density at radius 3 is 2.61 bits per heavy atom. The predicted molar refractivity (Wildman–Crippen MR) is 178 cm³/mol. The maximum Gasteiger partial charge on any atom is 0.264 e. The number of ether oxygens (including phenoxy) is 2. The standard InChI is InChI=1S/C35H51ClN2O5S/c1-23(2)43-32-11-8-9-24(3)25(4)44(40,41)37-34(39)26-13-15-33-31(19-26)38(21-27-12-14-30(27)32)18-7-6-10-28-20-29(36)16-17-35(28,5)22-42-33/h13,15-17,19-20,23-25,27-28,30,32H,6-12,14,18,21-22H2,1-5H3,(H,37,39)/t24-,25+,27-,28?,30+,32-,35?/m0/s1. The van der Waals surface area contributed by atoms with Crippen molar-refractivity contribution in [2.24, 2.45) is 29.1 Å². The number of allylic oxidation sites excluding steroid dienone is 3. The van der Waals surface area contributed by atoms with Gasteiger partial charge in [-0.2, -0.15) is 0 Å². The Hall–Kier alpha value is -2.03. The molecule has 1 aromatic rings. The van der Waals surface area contributed by atoms with Crippen LogP contribution in [0.5, 0.6) is 5.75 Å². The minimum absolute atomic E-state index is 0.0925. The maximum atomic E-state index is 13.4. The van der Waals surface area contributed by atoms with Crippen LogP contribution in [0.25, 0.3) is 0 Å². The van der Waals surface area contributed by atoms with Gasteiger partial charge in [-0.15, -0.1) is 0 Å². The molecule has 7 nitrogen and oxygen atoms in total. The molecule has 0 radical (unpaired) electrons. The van der Waals surface area contributed by atoms with E-state index >= 15 is 0 Å². The van der Waals surface area contributed by atoms with Crippen molar-refractivity contribution in [1.29, 1.82) is 0 Å². The van der Waals surface area contributed by atoms with Crippen molar-refractivity contribution in [3.8, 4) is 5.75 Å². The van der Waals surface area contributed by atoms with E-state index < -0.39 is 21.2 Å². The van der Waals surface area contributed by atoms with E-state index in [9.17, 15) is 13.2 Å². The van der Waals surface area contributed by atoms with Crippen molar-refractivity contribution in [2.75, 3.05) is 24.6 Å². The lowest BCUT2D eigenvalue weighted by Crippen LogP contribution is -2.45. The molecule has 1 N–H and O–H groups in total. The SMILES string of the molecule is CC(C)O[C@H]1CCC[C@H](C)[C@@H](C)S(=O)(=O)NC(=O)c2ccc3c(c2)N(CCCCC2C=C(Cl)C=CC2(C)CO3)C[C@@H]2CC[C@H]21. The highest BCUT2D eigenvalue weighted by molar-refractivity contribution is 7.90. The van der Waals surface area contributed by atoms with Gasteiger partial charge in [-0.1, -0.05) is 50.4 Å². The van der Waals surface area contributed by atoms with Gasteiger partial charge in [0, 0.05) is 29.1 Å². The third kappa shape index (κ3) is 7.50. The summed E-state index contributed by atoms with van der Waals surface area (Å²) in [7, 11) is -3.87. The van der Waals surface area contributed by atoms with Gasteiger partial charge in [-0.3, -0.25) is 4.79 Å². The first kappa shape index (κ1) is 33.3. The normalized spacial score (nSPS) is 34.8. The van der Waals surface area contributed by atoms with Crippen molar-refractivity contribution in [3.63, 3.8) is 0 Å². The number of amides is 1. The van der Waals surface area contributed by atoms with Crippen molar-refractivity contribution in [3.05, 3.63) is 47.0 Å². The molecule has 2 aliphatic carbocycles. The average Bonchev–Trinajstić information content (AvgIpc) is 2.97. The smallest absolute Gasteiger partial charge is 0.264 e. The topological polar surface area (TPSA) is 84.9 Å². The number of anilines is 1. The molecule has 1 saturated carbocycles. The number of rotatable bonds is 2. The Balaban J connectivity index is 1.53. The summed E-state index contributed by atoms with van der Waals surface area (Å²) in [6.07, 6.45) is 14.5. The van der Waals surface area contributed by atoms with Crippen LogP contribution in [0.4, 0.5) is 5.69 Å². The van der Waals surface area contributed by atoms with Crippen LogP contribution in [0.1, 0.15) is 96.3 Å². The summed E-state index contributed by atoms with van der Waals surface area (Å²) in [4.78, 5) is 15.8. The highest BCUT2D eigenvalue weighted by Gasteiger charge is 2.40. The van der Waals surface area contributed by atoms with Crippen LogP contribution in [0.3, 0.4) is 0 Å². The van der Waals surface area contributed by atoms with Gasteiger partial charge in [0.05, 0.1) is 29.8 Å². The molecule has 0 aromatic heterocycles. The third-order valence-corrected chi connectivity index (χ3v) is 12.8. The van der Waals surface area contributed by atoms with Gasteiger partial charge in [0.2, 0.25) is 10.0 Å². The molecule has 1 fully saturated rings. The summed E-state index contributed by atoms with van der Waals surface area (Å²) < 4.78 is 42.2. The van der Waals surface area contributed by atoms with Gasteiger partial charge >= 0.3 is 0 Å². The first-order valence-corrected chi connectivity index (χ1v) is 18.6. The summed E-state index contributed by atoms with van der Waals surface area (Å²) in [6.45, 7) is 12.2. The molecule has 5 rings (SSSR count). The van der Waals surface area contributed by atoms with Gasteiger partial charge in [0.25, 0.3) is 5.91 Å². The zero-order chi connectivity index (χ0) is 31.6. The molecule has 4 aliphatic rings. The molecular weight excluding hydrogens is 596 g/mol. The number of nitrogens with zero attached hydrogens (tertiary/aromatic N) is 1. The minimum Gasteiger partial charge on any atom is -0.490 e. The number of carbonyl (C=O) groups excluding carboxylic acids is 1. The van der Waals surface area contributed by atoms with Crippen LogP contribution >= 0.6 is 11.6 Å². The van der Waals surface area contributed by atoms with Gasteiger partial charge < -0.3 is 14.4 Å². The maximum absolute atomic E-state index is 13.4. The van der Waals surface area contributed by atoms with E-state index in [1.807, 2.05) is 25.1 Å². The number of hydrogen-bond donors (Lipinski definition) is 1. The largest absolute Gasteiger partial charge is 0.490 e. The second-order valence-electron chi connectivity index (χ2n) is 14.2. The van der Waals surface area contributed by atoms with Crippen LogP contribution in [0.2, 0.25) is 0 Å². The lowest BCUT2D eigenvalue weighted by atomic mass is 9.69. The number of benzene rings is 1. The molecule has 244 valence electrons. The van der Waals surface area contributed by atoms with Gasteiger partial charge in [-0.25, -0.2) is 13.1 Å². The summed E-state index contributed by atoms with van der Waals surface area (Å²) in [6, 6.07) is 5.36. The van der Waals surface area contributed by atoms with Gasteiger partial charge in [0.15, 0.2) is 0 Å². The van der Waals surface area contributed by atoms with E-state index in [0.717, 1.165) is 75.2 Å². The number of nitrogens with one attached hydrogen (secondary N) is 1. The molecule has 1 aromatic carbocycles. The Morgan fingerprint density at radius 2 is 1.89 bits per heavy atom. The Kier molecular flexibility index (Phi) is 10.4. The van der Waals surface area contributed by atoms with E-state index in [4.69, 9.17) is 21.1 Å². The Morgan fingerprint density at radius 1 is 1.09 bits per heavy atom. The molecule has 7 atom stereocenters. The van der Waals surface area contributed by atoms with Crippen LogP contribution in [-0.2, 0) is 14.8 Å². The molecule has 0 saturated heterocycles. The van der Waals surface area contributed by atoms with E-state index in [1.54, 1.807) is 13.0 Å². The van der Waals surface area contributed by atoms with Crippen LogP contribution < -0.4 is 14.4 Å². The number of sulfonamides is 1. The van der Waals surface area contributed by atoms with Crippen LogP contribution in [0, 0.1) is 29.1 Å². The fourth-order valence-electron chi connectivity index (χ4n) is 7.43. The first-order valence-electron chi connectivity index (χ1n) is 16.7. The molecule has 2 unspecified atom stereocenters. The Labute approximate surface area is 269 Å². The fraction of sp³-hybridized carbons (Fsp3) is 0.686. The molecule has 9 heteroatoms. The number of carbonyl (C=O) groups is 1. The van der Waals surface area contributed by atoms with Crippen molar-refractivity contribution >= 4 is 33.2 Å². The summed E-state index contributed by atoms with van der Waals surface area (Å²) in [5.41, 5.74) is 0.965. The third-order valence-electron chi connectivity index (χ3n) is 10.7. The highest BCUT2D eigenvalue weighted by atomic mass is 35.5. The van der Waals surface area contributed by atoms with Crippen LogP contribution in [0.15, 0.2) is 41.5 Å². The monoisotopic (exact) mass is 646 g/mol. The summed E-state index contributed by atoms with van der Waals surface area (Å²) in [5, 5.41) is 0.0806. The zero-order valence-electron chi connectivity index (χ0n) is 27.1. The molecule has 2 heterocycles. The van der Waals surface area contributed by atoms with Crippen molar-refractivity contribution in [1.82, 2.24) is 4.72 Å². The summed E-state index contributed by atoms with van der Waals surface area (Å²) in [5.74, 6) is 1.23. The van der Waals surface area contributed by atoms with Gasteiger partial charge in [-0.05, 0) is 107 Å². The molecule has 1 amide bonds. The van der Waals surface area contributed by atoms with E-state index in [0.29, 0.717) is 29.8 Å². The molecule has 0 spiro atoms. The minimum atomic E-state index is -3.87. The van der Waals surface area contributed by atoms with E-state index in [1.165, 1.54) is 0 Å². The van der Waals surface area contributed by atoms with Gasteiger partial charge in [0.1, 0.15) is 5.75 Å². The predicted octanol–water partition coefficient (Wildman–Crippen LogP) is 7.46. The van der Waals surface area contributed by atoms with E-state index in [2.05, 4.69) is 42.5 Å². The second-order valence-corrected chi connectivity index (χ2v) is 16.7. The van der Waals surface area contributed by atoms with Crippen molar-refractivity contribution in [2.45, 2.75) is 103 Å². The first-order chi connectivity index (χ1) is 20.9. The number of fused-ring (bicyclic) bond motifs is 3. The van der Waals surface area contributed by atoms with Crippen molar-refractivity contribution < 1.29 is 22.7 Å². The highest BCUT2D eigenvalue weighted by Crippen LogP contribution is 2.44. The number of hydrogen-bond acceptors (Lipinski definition) is 6. The second kappa shape index (κ2) is 13.8. The fourth-order valence-corrected chi connectivity index (χ4v) is 8.95. The quantitative estimate of drug-likeness (QED) is 0.359. The zero-order valence-corrected chi connectivity index (χ0v) is 28.6. The molecule has 2 bridgehead atoms. The van der Waals surface area contributed by atoms with Crippen LogP contribution in [-0.4, -0.2) is 51.5 Å². The molecule has 44 heavy (non-hydrogen) atoms. The average molecular weight is 647 g/mol. The summed E-state index contributed by atoms with van der Waals surface area (Å²) >= 11 is 6.43. The Bertz CT molecular complexity index is 1360. The lowest BCUT2D eigenvalue weighted by Gasteiger charge is -2.45.